The average Bonchev–Trinajstić information content (AvgIpc) is 2.10. The van der Waals surface area contributed by atoms with Crippen LogP contribution in [0.3, 0.4) is 0 Å². The Kier molecular flexibility index (Phi) is 1.57. The Morgan fingerprint density at radius 1 is 1.67 bits per heavy atom. The van der Waals surface area contributed by atoms with Crippen LogP contribution in [0.25, 0.3) is 0 Å². The van der Waals surface area contributed by atoms with E-state index < -0.39 is 0 Å². The van der Waals surface area contributed by atoms with E-state index in [2.05, 4.69) is 15.4 Å². The molecule has 1 rings (SSSR count). The van der Waals surface area contributed by atoms with E-state index in [1.54, 1.807) is 18.8 Å². The normalized spacial score (nSPS) is 9.67. The van der Waals surface area contributed by atoms with Crippen LogP contribution in [0.1, 0.15) is 0 Å². The van der Waals surface area contributed by atoms with E-state index in [9.17, 15) is 0 Å². The van der Waals surface area contributed by atoms with Gasteiger partial charge in [0, 0.05) is 14.1 Å². The predicted molar refractivity (Wildman–Crippen MR) is 35.6 cm³/mol. The van der Waals surface area contributed by atoms with Gasteiger partial charge in [-0.15, -0.1) is 5.10 Å². The molecule has 9 heavy (non-hydrogen) atoms. The summed E-state index contributed by atoms with van der Waals surface area (Å²) >= 11 is 5.46. The molecule has 0 aromatic carbocycles. The number of nitrogens with one attached hydrogen (secondary N) is 1. The first kappa shape index (κ1) is 6.35. The molecule has 0 saturated heterocycles. The van der Waals surface area contributed by atoms with E-state index >= 15 is 0 Å². The molecule has 5 heteroatoms. The fourth-order valence-corrected chi connectivity index (χ4v) is 0.764. The third-order valence-electron chi connectivity index (χ3n) is 0.961. The molecule has 4 nitrogen and oxygen atoms in total. The van der Waals surface area contributed by atoms with Gasteiger partial charge < -0.3 is 5.32 Å². The number of aryl methyl sites for hydroxylation is 1. The second-order valence-corrected chi connectivity index (χ2v) is 1.92. The molecule has 0 radical (unpaired) electrons. The minimum absolute atomic E-state index is 0.266. The third-order valence-corrected chi connectivity index (χ3v) is 1.12. The third kappa shape index (κ3) is 1.13. The Bertz CT molecular complexity index is 206. The van der Waals surface area contributed by atoms with Gasteiger partial charge in [0.25, 0.3) is 0 Å². The zero-order valence-corrected chi connectivity index (χ0v) is 5.98. The second kappa shape index (κ2) is 2.23. The molecular formula is C4H7ClN4. The van der Waals surface area contributed by atoms with Crippen molar-refractivity contribution in [1.29, 1.82) is 0 Å². The summed E-state index contributed by atoms with van der Waals surface area (Å²) in [5.41, 5.74) is 0. The Morgan fingerprint density at radius 2 is 2.33 bits per heavy atom. The molecule has 0 spiro atoms. The molecule has 0 amide bonds. The number of nitrogens with zero attached hydrogens (tertiary/aromatic N) is 3. The van der Waals surface area contributed by atoms with Gasteiger partial charge in [-0.1, -0.05) is 0 Å². The van der Waals surface area contributed by atoms with E-state index in [1.165, 1.54) is 0 Å². The van der Waals surface area contributed by atoms with Gasteiger partial charge in [-0.05, 0) is 11.6 Å². The second-order valence-electron chi connectivity index (χ2n) is 1.58. The first-order valence-electron chi connectivity index (χ1n) is 2.48. The van der Waals surface area contributed by atoms with Crippen LogP contribution in [0.15, 0.2) is 0 Å². The van der Waals surface area contributed by atoms with Crippen molar-refractivity contribution in [2.75, 3.05) is 12.4 Å². The van der Waals surface area contributed by atoms with Crippen LogP contribution in [0.4, 0.5) is 5.95 Å². The number of rotatable bonds is 1. The lowest BCUT2D eigenvalue weighted by Gasteiger charge is -1.93. The smallest absolute Gasteiger partial charge is 0.244 e. The molecule has 0 aliphatic heterocycles. The summed E-state index contributed by atoms with van der Waals surface area (Å²) in [6.45, 7) is 0. The molecule has 50 valence electrons. The molecule has 1 N–H and O–H groups in total. The minimum Gasteiger partial charge on any atom is -0.357 e. The highest BCUT2D eigenvalue weighted by molar-refractivity contribution is 6.28. The maximum absolute atomic E-state index is 5.46. The maximum Gasteiger partial charge on any atom is 0.244 e. The highest BCUT2D eigenvalue weighted by Gasteiger charge is 1.99. The Hall–Kier alpha value is -0.770. The highest BCUT2D eigenvalue weighted by atomic mass is 35.5. The van der Waals surface area contributed by atoms with Crippen molar-refractivity contribution in [2.24, 2.45) is 7.05 Å². The molecule has 0 atom stereocenters. The number of halogens is 1. The minimum atomic E-state index is 0.266. The van der Waals surface area contributed by atoms with Gasteiger partial charge in [-0.3, -0.25) is 0 Å². The fraction of sp³-hybridized carbons (Fsp3) is 0.500. The summed E-state index contributed by atoms with van der Waals surface area (Å²) in [5.74, 6) is 0.667. The van der Waals surface area contributed by atoms with Crippen molar-refractivity contribution in [3.8, 4) is 0 Å². The summed E-state index contributed by atoms with van der Waals surface area (Å²) in [7, 11) is 3.53. The van der Waals surface area contributed by atoms with Crippen LogP contribution in [0.5, 0.6) is 0 Å². The van der Waals surface area contributed by atoms with Crippen molar-refractivity contribution in [1.82, 2.24) is 14.8 Å². The topological polar surface area (TPSA) is 42.7 Å². The van der Waals surface area contributed by atoms with Crippen molar-refractivity contribution in [2.45, 2.75) is 0 Å². The Labute approximate surface area is 57.8 Å². The lowest BCUT2D eigenvalue weighted by Crippen LogP contribution is -1.98. The van der Waals surface area contributed by atoms with Crippen molar-refractivity contribution in [3.63, 3.8) is 0 Å². The van der Waals surface area contributed by atoms with Gasteiger partial charge >= 0.3 is 0 Å². The van der Waals surface area contributed by atoms with Gasteiger partial charge in [0.05, 0.1) is 0 Å². The molecule has 0 saturated carbocycles. The van der Waals surface area contributed by atoms with E-state index in [0.29, 0.717) is 5.95 Å². The maximum atomic E-state index is 5.46. The lowest BCUT2D eigenvalue weighted by atomic mass is 10.9. The zero-order chi connectivity index (χ0) is 6.85. The fourth-order valence-electron chi connectivity index (χ4n) is 0.571. The predicted octanol–water partition coefficient (Wildman–Crippen LogP) is 0.510. The zero-order valence-electron chi connectivity index (χ0n) is 5.22. The SMILES string of the molecule is CNc1nc(Cl)nn1C. The first-order valence-corrected chi connectivity index (χ1v) is 2.86. The number of aromatic nitrogens is 3. The van der Waals surface area contributed by atoms with Gasteiger partial charge in [-0.25, -0.2) is 4.68 Å². The quantitative estimate of drug-likeness (QED) is 0.628. The summed E-state index contributed by atoms with van der Waals surface area (Å²) in [6, 6.07) is 0. The van der Waals surface area contributed by atoms with Crippen molar-refractivity contribution in [3.05, 3.63) is 5.28 Å². The van der Waals surface area contributed by atoms with Gasteiger partial charge in [0.1, 0.15) is 0 Å². The Balaban J connectivity index is 3.01. The van der Waals surface area contributed by atoms with Crippen LogP contribution < -0.4 is 5.32 Å². The summed E-state index contributed by atoms with van der Waals surface area (Å²) in [5, 5.41) is 6.88. The van der Waals surface area contributed by atoms with Crippen molar-refractivity contribution >= 4 is 17.5 Å². The average molecular weight is 147 g/mol. The van der Waals surface area contributed by atoms with E-state index in [0.717, 1.165) is 0 Å². The highest BCUT2D eigenvalue weighted by Crippen LogP contribution is 2.04. The molecule has 1 aromatic heterocycles. The summed E-state index contributed by atoms with van der Waals surface area (Å²) in [6.07, 6.45) is 0. The largest absolute Gasteiger partial charge is 0.357 e. The molecule has 1 aromatic rings. The first-order chi connectivity index (χ1) is 4.24. The molecule has 0 aliphatic carbocycles. The van der Waals surface area contributed by atoms with Gasteiger partial charge in [0.15, 0.2) is 0 Å². The van der Waals surface area contributed by atoms with Crippen LogP contribution in [-0.4, -0.2) is 21.8 Å². The molecule has 1 heterocycles. The number of hydrogen-bond acceptors (Lipinski definition) is 3. The van der Waals surface area contributed by atoms with E-state index in [1.807, 2.05) is 0 Å². The van der Waals surface area contributed by atoms with E-state index in [-0.39, 0.29) is 5.28 Å². The van der Waals surface area contributed by atoms with Crippen LogP contribution in [0.2, 0.25) is 5.28 Å². The van der Waals surface area contributed by atoms with Gasteiger partial charge in [-0.2, -0.15) is 4.98 Å². The van der Waals surface area contributed by atoms with Gasteiger partial charge in [0.2, 0.25) is 11.2 Å². The summed E-state index contributed by atoms with van der Waals surface area (Å²) < 4.78 is 1.57. The summed E-state index contributed by atoms with van der Waals surface area (Å²) in [4.78, 5) is 3.83. The standard InChI is InChI=1S/C4H7ClN4/c1-6-4-7-3(5)8-9(4)2/h1-2H3,(H,6,7,8). The Morgan fingerprint density at radius 3 is 2.56 bits per heavy atom. The number of anilines is 1. The molecular weight excluding hydrogens is 140 g/mol. The van der Waals surface area contributed by atoms with E-state index in [4.69, 9.17) is 11.6 Å². The molecule has 0 unspecified atom stereocenters. The monoisotopic (exact) mass is 146 g/mol. The molecule has 0 fully saturated rings. The van der Waals surface area contributed by atoms with Crippen molar-refractivity contribution < 1.29 is 0 Å². The van der Waals surface area contributed by atoms with Crippen LogP contribution >= 0.6 is 11.6 Å². The molecule has 0 bridgehead atoms. The van der Waals surface area contributed by atoms with Crippen LogP contribution in [0, 0.1) is 0 Å². The number of hydrogen-bond donors (Lipinski definition) is 1. The lowest BCUT2D eigenvalue weighted by molar-refractivity contribution is 0.773. The molecule has 0 aliphatic rings. The van der Waals surface area contributed by atoms with Crippen LogP contribution in [-0.2, 0) is 7.05 Å².